The van der Waals surface area contributed by atoms with Crippen LogP contribution in [0.3, 0.4) is 0 Å². The molecule has 0 aromatic carbocycles. The number of ether oxygens (including phenoxy) is 5. The van der Waals surface area contributed by atoms with Gasteiger partial charge in [-0.3, -0.25) is 0 Å². The van der Waals surface area contributed by atoms with E-state index >= 15 is 0 Å². The highest BCUT2D eigenvalue weighted by atomic mass is 16.6. The topological polar surface area (TPSA) is 141 Å². The fraction of sp³-hybridized carbons (Fsp3) is 0.684. The van der Waals surface area contributed by atoms with Gasteiger partial charge >= 0.3 is 11.9 Å². The molecule has 0 radical (unpaired) electrons. The van der Waals surface area contributed by atoms with Crippen LogP contribution in [0.25, 0.3) is 0 Å². The van der Waals surface area contributed by atoms with E-state index < -0.39 is 18.0 Å². The van der Waals surface area contributed by atoms with Crippen molar-refractivity contribution in [1.82, 2.24) is 0 Å². The van der Waals surface area contributed by atoms with E-state index in [2.05, 4.69) is 13.2 Å². The monoisotopic (exact) mass is 422 g/mol. The third-order valence-electron chi connectivity index (χ3n) is 2.78. The normalized spacial score (nSPS) is 10.1. The van der Waals surface area contributed by atoms with Crippen LogP contribution < -0.4 is 0 Å². The molecule has 0 saturated heterocycles. The van der Waals surface area contributed by atoms with E-state index in [1.807, 2.05) is 0 Å². The predicted octanol–water partition coefficient (Wildman–Crippen LogP) is -0.393. The molecule has 0 aromatic rings. The van der Waals surface area contributed by atoms with Crippen LogP contribution in [0.5, 0.6) is 0 Å². The van der Waals surface area contributed by atoms with Gasteiger partial charge in [-0.05, 0) is 13.8 Å². The lowest BCUT2D eigenvalue weighted by Gasteiger charge is -2.08. The average Bonchev–Trinajstić information content (AvgIpc) is 2.70. The lowest BCUT2D eigenvalue weighted by Crippen LogP contribution is -2.15. The van der Waals surface area contributed by atoms with Crippen LogP contribution in [-0.2, 0) is 33.3 Å². The van der Waals surface area contributed by atoms with Gasteiger partial charge in [-0.1, -0.05) is 13.2 Å². The lowest BCUT2D eigenvalue weighted by atomic mass is 10.4. The summed E-state index contributed by atoms with van der Waals surface area (Å²) < 4.78 is 25.4. The summed E-state index contributed by atoms with van der Waals surface area (Å²) >= 11 is 0. The summed E-state index contributed by atoms with van der Waals surface area (Å²) in [6.45, 7) is 12.0. The summed E-state index contributed by atoms with van der Waals surface area (Å²) in [5, 5.41) is 24.0. The summed E-state index contributed by atoms with van der Waals surface area (Å²) in [6.07, 6.45) is -0.954. The molecule has 170 valence electrons. The minimum Gasteiger partial charge on any atom is -0.460 e. The Morgan fingerprint density at radius 3 is 1.17 bits per heavy atom. The van der Waals surface area contributed by atoms with Crippen LogP contribution in [0.4, 0.5) is 0 Å². The maximum absolute atomic E-state index is 11.0. The van der Waals surface area contributed by atoms with Crippen LogP contribution in [0.15, 0.2) is 24.3 Å². The highest BCUT2D eigenvalue weighted by Crippen LogP contribution is 1.92. The van der Waals surface area contributed by atoms with Crippen molar-refractivity contribution >= 4 is 11.9 Å². The van der Waals surface area contributed by atoms with E-state index in [0.29, 0.717) is 50.8 Å². The van der Waals surface area contributed by atoms with Crippen LogP contribution >= 0.6 is 0 Å². The zero-order chi connectivity index (χ0) is 22.5. The number of esters is 2. The minimum absolute atomic E-state index is 0.192. The fourth-order valence-electron chi connectivity index (χ4n) is 1.23. The predicted molar refractivity (Wildman–Crippen MR) is 104 cm³/mol. The molecule has 0 aliphatic carbocycles. The van der Waals surface area contributed by atoms with Gasteiger partial charge in [0.1, 0.15) is 19.3 Å². The van der Waals surface area contributed by atoms with Gasteiger partial charge in [-0.2, -0.15) is 0 Å². The molecule has 0 fully saturated rings. The minimum atomic E-state index is -0.954. The van der Waals surface area contributed by atoms with E-state index in [9.17, 15) is 9.59 Å². The Labute approximate surface area is 171 Å². The first-order chi connectivity index (χ1) is 13.8. The first-order valence-corrected chi connectivity index (χ1v) is 9.04. The maximum atomic E-state index is 11.0. The Kier molecular flexibility index (Phi) is 21.2. The van der Waals surface area contributed by atoms with Crippen molar-refractivity contribution in [3.8, 4) is 0 Å². The fourth-order valence-corrected chi connectivity index (χ4v) is 1.23. The molecule has 0 heterocycles. The van der Waals surface area contributed by atoms with Gasteiger partial charge in [0.25, 0.3) is 0 Å². The summed E-state index contributed by atoms with van der Waals surface area (Å²) in [7, 11) is 0. The van der Waals surface area contributed by atoms with Gasteiger partial charge in [0.05, 0.1) is 52.9 Å². The number of aliphatic hydroxyl groups excluding tert-OH is 3. The smallest absolute Gasteiger partial charge is 0.333 e. The van der Waals surface area contributed by atoms with Gasteiger partial charge in [0.15, 0.2) is 0 Å². The van der Waals surface area contributed by atoms with E-state index in [1.54, 1.807) is 13.8 Å². The molecule has 0 saturated carbocycles. The van der Waals surface area contributed by atoms with Gasteiger partial charge in [0.2, 0.25) is 0 Å². The van der Waals surface area contributed by atoms with Gasteiger partial charge in [-0.15, -0.1) is 0 Å². The van der Waals surface area contributed by atoms with Crippen LogP contribution in [-0.4, -0.2) is 99.4 Å². The Morgan fingerprint density at radius 1 is 0.690 bits per heavy atom. The molecular weight excluding hydrogens is 388 g/mol. The zero-order valence-electron chi connectivity index (χ0n) is 17.3. The quantitative estimate of drug-likeness (QED) is 0.171. The molecule has 3 N–H and O–H groups in total. The number of hydrogen-bond acceptors (Lipinski definition) is 10. The number of carbonyl (C=O) groups excluding carboxylic acids is 2. The first-order valence-electron chi connectivity index (χ1n) is 9.04. The molecule has 0 atom stereocenters. The summed E-state index contributed by atoms with van der Waals surface area (Å²) in [6, 6.07) is 0. The third kappa shape index (κ3) is 22.3. The molecule has 0 spiro atoms. The SMILES string of the molecule is C=C(C)C(=O)OCCOCCOCCOCCOC(=O)C(=C)C.OCC(O)CO. The Balaban J connectivity index is 0. The Hall–Kier alpha value is -1.82. The van der Waals surface area contributed by atoms with Crippen molar-refractivity contribution < 1.29 is 48.6 Å². The molecular formula is C19H34O10. The number of carbonyl (C=O) groups is 2. The molecule has 0 amide bonds. The molecule has 0 bridgehead atoms. The van der Waals surface area contributed by atoms with E-state index in [4.69, 9.17) is 39.0 Å². The number of rotatable bonds is 16. The molecule has 0 unspecified atom stereocenters. The van der Waals surface area contributed by atoms with Gasteiger partial charge in [0, 0.05) is 11.1 Å². The van der Waals surface area contributed by atoms with Crippen molar-refractivity contribution in [2.45, 2.75) is 20.0 Å². The second kappa shape index (κ2) is 20.9. The Bertz CT molecular complexity index is 424. The number of aliphatic hydroxyl groups is 3. The molecule has 0 aromatic heterocycles. The third-order valence-corrected chi connectivity index (χ3v) is 2.78. The molecule has 10 nitrogen and oxygen atoms in total. The largest absolute Gasteiger partial charge is 0.460 e. The number of hydrogen-bond donors (Lipinski definition) is 3. The van der Waals surface area contributed by atoms with Crippen LogP contribution in [0, 0.1) is 0 Å². The van der Waals surface area contributed by atoms with Crippen molar-refractivity contribution in [3.63, 3.8) is 0 Å². The average molecular weight is 422 g/mol. The van der Waals surface area contributed by atoms with E-state index in [1.165, 1.54) is 0 Å². The molecule has 29 heavy (non-hydrogen) atoms. The lowest BCUT2D eigenvalue weighted by molar-refractivity contribution is -0.141. The van der Waals surface area contributed by atoms with E-state index in [0.717, 1.165) is 0 Å². The first kappa shape index (κ1) is 29.4. The standard InChI is InChI=1S/C16H26O7.C3H8O3/c1-13(2)15(17)22-11-9-20-7-5-19-6-8-21-10-12-23-16(18)14(3)4;4-1-3(6)2-5/h1,3,5-12H2,2,4H3;3-6H,1-2H2. The molecule has 0 rings (SSSR count). The zero-order valence-corrected chi connectivity index (χ0v) is 17.3. The van der Waals surface area contributed by atoms with Crippen molar-refractivity contribution in [2.24, 2.45) is 0 Å². The second-order valence-corrected chi connectivity index (χ2v) is 5.69. The van der Waals surface area contributed by atoms with Crippen LogP contribution in [0.2, 0.25) is 0 Å². The summed E-state index contributed by atoms with van der Waals surface area (Å²) in [5.74, 6) is -0.841. The molecule has 0 aliphatic rings. The van der Waals surface area contributed by atoms with Crippen molar-refractivity contribution in [2.75, 3.05) is 66.1 Å². The van der Waals surface area contributed by atoms with E-state index in [-0.39, 0.29) is 26.4 Å². The Morgan fingerprint density at radius 2 is 0.966 bits per heavy atom. The highest BCUT2D eigenvalue weighted by molar-refractivity contribution is 5.87. The summed E-state index contributed by atoms with van der Waals surface area (Å²) in [5.41, 5.74) is 0.727. The van der Waals surface area contributed by atoms with Crippen LogP contribution in [0.1, 0.15) is 13.8 Å². The molecule has 0 aliphatic heterocycles. The van der Waals surface area contributed by atoms with Crippen molar-refractivity contribution in [3.05, 3.63) is 24.3 Å². The summed E-state index contributed by atoms with van der Waals surface area (Å²) in [4.78, 5) is 22.1. The van der Waals surface area contributed by atoms with Gasteiger partial charge < -0.3 is 39.0 Å². The molecule has 10 heteroatoms. The highest BCUT2D eigenvalue weighted by Gasteiger charge is 2.02. The van der Waals surface area contributed by atoms with Gasteiger partial charge in [-0.25, -0.2) is 9.59 Å². The second-order valence-electron chi connectivity index (χ2n) is 5.69. The van der Waals surface area contributed by atoms with Crippen molar-refractivity contribution in [1.29, 1.82) is 0 Å². The maximum Gasteiger partial charge on any atom is 0.333 e.